The Balaban J connectivity index is 0.000000810. The van der Waals surface area contributed by atoms with Crippen molar-refractivity contribution in [2.24, 2.45) is 7.05 Å². The highest BCUT2D eigenvalue weighted by Crippen LogP contribution is 2.03. The number of nitrogens with zero attached hydrogens (tertiary/aromatic N) is 3. The number of anilines is 1. The maximum absolute atomic E-state index is 8.40. The third-order valence-corrected chi connectivity index (χ3v) is 1.07. The molecule has 0 radical (unpaired) electrons. The summed E-state index contributed by atoms with van der Waals surface area (Å²) in [7, 11) is 1.72. The summed E-state index contributed by atoms with van der Waals surface area (Å²) in [5, 5.41) is 8.40. The van der Waals surface area contributed by atoms with Gasteiger partial charge in [0.25, 0.3) is 0 Å². The highest BCUT2D eigenvalue weighted by Gasteiger charge is 2.00. The molecule has 0 spiro atoms. The Labute approximate surface area is 64.7 Å². The Morgan fingerprint density at radius 1 is 1.80 bits per heavy atom. The van der Waals surface area contributed by atoms with Gasteiger partial charge in [0.1, 0.15) is 6.07 Å². The number of hydrogen-bond acceptors (Lipinski definition) is 3. The number of nitrogens with two attached hydrogens (primary N) is 1. The number of halogens is 1. The highest BCUT2D eigenvalue weighted by atomic mass is 35.5. The van der Waals surface area contributed by atoms with E-state index in [4.69, 9.17) is 11.0 Å². The number of nitriles is 1. The number of aromatic nitrogens is 2. The first-order chi connectivity index (χ1) is 4.25. The van der Waals surface area contributed by atoms with Gasteiger partial charge >= 0.3 is 0 Å². The van der Waals surface area contributed by atoms with Crippen molar-refractivity contribution in [3.8, 4) is 6.07 Å². The third kappa shape index (κ3) is 1.20. The summed E-state index contributed by atoms with van der Waals surface area (Å²) in [5.41, 5.74) is 5.71. The van der Waals surface area contributed by atoms with E-state index in [2.05, 4.69) is 4.98 Å². The zero-order chi connectivity index (χ0) is 6.85. The van der Waals surface area contributed by atoms with Gasteiger partial charge in [-0.15, -0.1) is 12.4 Å². The van der Waals surface area contributed by atoms with E-state index >= 15 is 0 Å². The minimum absolute atomic E-state index is 0. The lowest BCUT2D eigenvalue weighted by molar-refractivity contribution is 0.897. The third-order valence-electron chi connectivity index (χ3n) is 1.07. The predicted molar refractivity (Wildman–Crippen MR) is 39.6 cm³/mol. The summed E-state index contributed by atoms with van der Waals surface area (Å²) in [6.07, 6.45) is 1.51. The van der Waals surface area contributed by atoms with Crippen molar-refractivity contribution in [3.63, 3.8) is 0 Å². The van der Waals surface area contributed by atoms with E-state index in [-0.39, 0.29) is 12.4 Å². The molecule has 0 aliphatic rings. The van der Waals surface area contributed by atoms with Gasteiger partial charge in [0.2, 0.25) is 0 Å². The van der Waals surface area contributed by atoms with Gasteiger partial charge in [-0.2, -0.15) is 5.26 Å². The average Bonchev–Trinajstić information content (AvgIpc) is 2.12. The van der Waals surface area contributed by atoms with Gasteiger partial charge in [-0.25, -0.2) is 4.98 Å². The fourth-order valence-electron chi connectivity index (χ4n) is 0.585. The van der Waals surface area contributed by atoms with Crippen LogP contribution in [0.3, 0.4) is 0 Å². The molecule has 1 aromatic heterocycles. The molecule has 1 rings (SSSR count). The van der Waals surface area contributed by atoms with Crippen LogP contribution in [-0.4, -0.2) is 9.55 Å². The molecular formula is C5H7ClN4. The molecule has 1 heterocycles. The lowest BCUT2D eigenvalue weighted by Gasteiger charge is -1.87. The molecule has 0 aromatic carbocycles. The summed E-state index contributed by atoms with van der Waals surface area (Å²) < 4.78 is 1.58. The van der Waals surface area contributed by atoms with E-state index in [9.17, 15) is 0 Å². The van der Waals surface area contributed by atoms with E-state index < -0.39 is 0 Å². The quantitative estimate of drug-likeness (QED) is 0.591. The zero-order valence-electron chi connectivity index (χ0n) is 5.40. The molecule has 54 valence electrons. The Morgan fingerprint density at radius 3 is 2.60 bits per heavy atom. The molecule has 5 heteroatoms. The first-order valence-electron chi connectivity index (χ1n) is 2.42. The predicted octanol–water partition coefficient (Wildman–Crippen LogP) is 0.296. The number of hydrogen-bond donors (Lipinski definition) is 1. The fraction of sp³-hybridized carbons (Fsp3) is 0.200. The number of nitrogen functional groups attached to an aromatic ring is 1. The van der Waals surface area contributed by atoms with Gasteiger partial charge in [-0.05, 0) is 0 Å². The van der Waals surface area contributed by atoms with Gasteiger partial charge in [0, 0.05) is 7.05 Å². The SMILES string of the molecule is Cl.Cn1cnc(N)c1C#N. The Hall–Kier alpha value is -1.21. The zero-order valence-corrected chi connectivity index (χ0v) is 6.22. The molecule has 0 saturated heterocycles. The largest absolute Gasteiger partial charge is 0.381 e. The summed E-state index contributed by atoms with van der Waals surface area (Å²) in [5.74, 6) is 0.292. The highest BCUT2D eigenvalue weighted by molar-refractivity contribution is 5.85. The van der Waals surface area contributed by atoms with E-state index in [1.54, 1.807) is 11.6 Å². The van der Waals surface area contributed by atoms with Crippen LogP contribution in [0.25, 0.3) is 0 Å². The summed E-state index contributed by atoms with van der Waals surface area (Å²) in [4.78, 5) is 3.71. The summed E-state index contributed by atoms with van der Waals surface area (Å²) in [6, 6.07) is 1.92. The Bertz CT molecular complexity index is 240. The minimum Gasteiger partial charge on any atom is -0.381 e. The van der Waals surface area contributed by atoms with Gasteiger partial charge in [0.15, 0.2) is 11.5 Å². The molecule has 10 heavy (non-hydrogen) atoms. The van der Waals surface area contributed by atoms with E-state index in [1.807, 2.05) is 6.07 Å². The van der Waals surface area contributed by atoms with Crippen LogP contribution in [0.2, 0.25) is 0 Å². The molecular weight excluding hydrogens is 152 g/mol. The molecule has 0 unspecified atom stereocenters. The van der Waals surface area contributed by atoms with E-state index in [1.165, 1.54) is 6.33 Å². The van der Waals surface area contributed by atoms with Gasteiger partial charge in [-0.1, -0.05) is 0 Å². The van der Waals surface area contributed by atoms with Crippen LogP contribution in [-0.2, 0) is 7.05 Å². The van der Waals surface area contributed by atoms with Crippen LogP contribution >= 0.6 is 12.4 Å². The second-order valence-corrected chi connectivity index (χ2v) is 1.70. The maximum Gasteiger partial charge on any atom is 0.163 e. The molecule has 0 atom stereocenters. The molecule has 0 bridgehead atoms. The van der Waals surface area contributed by atoms with E-state index in [0.29, 0.717) is 11.5 Å². The number of aryl methyl sites for hydroxylation is 1. The maximum atomic E-state index is 8.40. The normalized spacial score (nSPS) is 8.00. The second-order valence-electron chi connectivity index (χ2n) is 1.70. The monoisotopic (exact) mass is 158 g/mol. The molecule has 4 nitrogen and oxygen atoms in total. The van der Waals surface area contributed by atoms with Crippen LogP contribution < -0.4 is 5.73 Å². The molecule has 0 aliphatic heterocycles. The van der Waals surface area contributed by atoms with Crippen LogP contribution in [0.5, 0.6) is 0 Å². The van der Waals surface area contributed by atoms with Crippen molar-refractivity contribution in [1.82, 2.24) is 9.55 Å². The molecule has 1 aromatic rings. The number of rotatable bonds is 0. The van der Waals surface area contributed by atoms with Gasteiger partial charge in [-0.3, -0.25) is 0 Å². The van der Waals surface area contributed by atoms with Crippen LogP contribution in [0, 0.1) is 11.3 Å². The van der Waals surface area contributed by atoms with Crippen LogP contribution in [0.1, 0.15) is 5.69 Å². The van der Waals surface area contributed by atoms with Crippen molar-refractivity contribution in [1.29, 1.82) is 5.26 Å². The molecule has 2 N–H and O–H groups in total. The molecule has 0 saturated carbocycles. The smallest absolute Gasteiger partial charge is 0.163 e. The average molecular weight is 159 g/mol. The molecule has 0 aliphatic carbocycles. The minimum atomic E-state index is 0. The van der Waals surface area contributed by atoms with Crippen molar-refractivity contribution >= 4 is 18.2 Å². The Kier molecular flexibility index (Phi) is 2.71. The van der Waals surface area contributed by atoms with Crippen LogP contribution in [0.15, 0.2) is 6.33 Å². The van der Waals surface area contributed by atoms with Gasteiger partial charge < -0.3 is 10.3 Å². The van der Waals surface area contributed by atoms with Crippen molar-refractivity contribution in [2.75, 3.05) is 5.73 Å². The van der Waals surface area contributed by atoms with Crippen LogP contribution in [0.4, 0.5) is 5.82 Å². The summed E-state index contributed by atoms with van der Waals surface area (Å²) in [6.45, 7) is 0. The van der Waals surface area contributed by atoms with E-state index in [0.717, 1.165) is 0 Å². The van der Waals surface area contributed by atoms with Crippen molar-refractivity contribution in [2.45, 2.75) is 0 Å². The Morgan fingerprint density at radius 2 is 2.40 bits per heavy atom. The fourth-order valence-corrected chi connectivity index (χ4v) is 0.585. The topological polar surface area (TPSA) is 67.6 Å². The standard InChI is InChI=1S/C5H6N4.ClH/c1-9-3-8-5(7)4(9)2-6;/h3H,7H2,1H3;1H. The first kappa shape index (κ1) is 8.79. The van der Waals surface area contributed by atoms with Crippen molar-refractivity contribution < 1.29 is 0 Å². The lowest BCUT2D eigenvalue weighted by atomic mass is 10.5. The van der Waals surface area contributed by atoms with Gasteiger partial charge in [0.05, 0.1) is 6.33 Å². The van der Waals surface area contributed by atoms with Crippen molar-refractivity contribution in [3.05, 3.63) is 12.0 Å². The molecule has 0 fully saturated rings. The second kappa shape index (κ2) is 3.08. The number of imidazole rings is 1. The summed E-state index contributed by atoms with van der Waals surface area (Å²) >= 11 is 0. The lowest BCUT2D eigenvalue weighted by Crippen LogP contribution is -1.92. The first-order valence-corrected chi connectivity index (χ1v) is 2.42. The molecule has 0 amide bonds.